The summed E-state index contributed by atoms with van der Waals surface area (Å²) in [6, 6.07) is 7.14. The van der Waals surface area contributed by atoms with Crippen LogP contribution in [-0.2, 0) is 0 Å². The van der Waals surface area contributed by atoms with Crippen molar-refractivity contribution >= 4 is 23.2 Å². The van der Waals surface area contributed by atoms with E-state index < -0.39 is 5.38 Å². The van der Waals surface area contributed by atoms with Gasteiger partial charge in [0.15, 0.2) is 11.5 Å². The molecule has 0 spiro atoms. The molecule has 0 fully saturated rings. The van der Waals surface area contributed by atoms with Crippen LogP contribution in [0.2, 0.25) is 5.02 Å². The molecule has 2 aromatic rings. The number of furan rings is 1. The maximum atomic E-state index is 6.40. The molecule has 0 N–H and O–H groups in total. The highest BCUT2D eigenvalue weighted by atomic mass is 35.5. The van der Waals surface area contributed by atoms with Crippen molar-refractivity contribution in [3.8, 4) is 11.5 Å². The number of hydrogen-bond donors (Lipinski definition) is 0. The van der Waals surface area contributed by atoms with Crippen LogP contribution in [-0.4, -0.2) is 14.2 Å². The molecule has 0 aliphatic carbocycles. The van der Waals surface area contributed by atoms with Crippen molar-refractivity contribution in [2.24, 2.45) is 0 Å². The van der Waals surface area contributed by atoms with Gasteiger partial charge in [0.1, 0.15) is 16.9 Å². The van der Waals surface area contributed by atoms with Gasteiger partial charge in [0.2, 0.25) is 0 Å². The van der Waals surface area contributed by atoms with E-state index in [1.54, 1.807) is 26.4 Å². The van der Waals surface area contributed by atoms with E-state index in [0.29, 0.717) is 22.3 Å². The Morgan fingerprint density at radius 1 is 1.11 bits per heavy atom. The third kappa shape index (κ3) is 2.82. The summed E-state index contributed by atoms with van der Waals surface area (Å²) in [5, 5.41) is 0.0349. The van der Waals surface area contributed by atoms with Crippen LogP contribution in [0.15, 0.2) is 28.7 Å². The fourth-order valence-electron chi connectivity index (χ4n) is 1.81. The maximum Gasteiger partial charge on any atom is 0.162 e. The van der Waals surface area contributed by atoms with E-state index in [1.807, 2.05) is 19.1 Å². The molecule has 2 rings (SSSR count). The number of alkyl halides is 1. The Balaban J connectivity index is 2.44. The van der Waals surface area contributed by atoms with Crippen LogP contribution < -0.4 is 9.47 Å². The smallest absolute Gasteiger partial charge is 0.162 e. The highest BCUT2D eigenvalue weighted by molar-refractivity contribution is 6.33. The number of hydrogen-bond acceptors (Lipinski definition) is 3. The van der Waals surface area contributed by atoms with E-state index in [4.69, 9.17) is 37.1 Å². The Hall–Kier alpha value is -1.32. The summed E-state index contributed by atoms with van der Waals surface area (Å²) in [6.07, 6.45) is 0. The predicted octanol–water partition coefficient (Wildman–Crippen LogP) is 4.59. The fourth-order valence-corrected chi connectivity index (χ4v) is 2.42. The molecule has 0 radical (unpaired) electrons. The minimum absolute atomic E-state index is 0.471. The van der Waals surface area contributed by atoms with Crippen LogP contribution in [0.3, 0.4) is 0 Å². The number of benzene rings is 1. The van der Waals surface area contributed by atoms with Crippen LogP contribution in [0.1, 0.15) is 22.5 Å². The Morgan fingerprint density at radius 3 is 2.26 bits per heavy atom. The molecule has 1 unspecified atom stereocenters. The second-order valence-corrected chi connectivity index (χ2v) is 4.88. The van der Waals surface area contributed by atoms with Crippen LogP contribution in [0.5, 0.6) is 11.5 Å². The second kappa shape index (κ2) is 5.76. The SMILES string of the molecule is COc1cc(Cl)c(C(Cl)c2ccc(C)o2)cc1OC. The second-order valence-electron chi connectivity index (χ2n) is 4.04. The van der Waals surface area contributed by atoms with E-state index >= 15 is 0 Å². The number of rotatable bonds is 4. The molecule has 102 valence electrons. The molecule has 1 aromatic heterocycles. The van der Waals surface area contributed by atoms with Gasteiger partial charge >= 0.3 is 0 Å². The van der Waals surface area contributed by atoms with Crippen molar-refractivity contribution in [1.29, 1.82) is 0 Å². The number of aryl methyl sites for hydroxylation is 1. The Labute approximate surface area is 122 Å². The zero-order chi connectivity index (χ0) is 14.0. The zero-order valence-electron chi connectivity index (χ0n) is 10.9. The largest absolute Gasteiger partial charge is 0.493 e. The van der Waals surface area contributed by atoms with E-state index in [-0.39, 0.29) is 0 Å². The first-order chi connectivity index (χ1) is 9.06. The molecule has 0 bridgehead atoms. The van der Waals surface area contributed by atoms with Gasteiger partial charge in [0.25, 0.3) is 0 Å². The average molecular weight is 301 g/mol. The summed E-state index contributed by atoms with van der Waals surface area (Å²) in [5.41, 5.74) is 0.718. The van der Waals surface area contributed by atoms with Gasteiger partial charge in [-0.05, 0) is 25.1 Å². The molecule has 0 amide bonds. The van der Waals surface area contributed by atoms with E-state index in [1.165, 1.54) is 0 Å². The lowest BCUT2D eigenvalue weighted by Gasteiger charge is -2.14. The lowest BCUT2D eigenvalue weighted by atomic mass is 10.1. The first kappa shape index (κ1) is 14.1. The minimum atomic E-state index is -0.471. The zero-order valence-corrected chi connectivity index (χ0v) is 12.4. The van der Waals surface area contributed by atoms with Gasteiger partial charge in [-0.25, -0.2) is 0 Å². The van der Waals surface area contributed by atoms with Crippen molar-refractivity contribution in [1.82, 2.24) is 0 Å². The first-order valence-electron chi connectivity index (χ1n) is 5.68. The highest BCUT2D eigenvalue weighted by Crippen LogP contribution is 2.40. The normalized spacial score (nSPS) is 12.3. The van der Waals surface area contributed by atoms with Crippen molar-refractivity contribution in [3.05, 3.63) is 46.4 Å². The Bertz CT molecular complexity index is 578. The summed E-state index contributed by atoms with van der Waals surface area (Å²) < 4.78 is 16.0. The monoisotopic (exact) mass is 300 g/mol. The third-order valence-corrected chi connectivity index (χ3v) is 3.56. The van der Waals surface area contributed by atoms with Crippen molar-refractivity contribution in [2.75, 3.05) is 14.2 Å². The Kier molecular flexibility index (Phi) is 4.27. The molecule has 1 aromatic carbocycles. The predicted molar refractivity (Wildman–Crippen MR) is 75.7 cm³/mol. The van der Waals surface area contributed by atoms with Gasteiger partial charge in [-0.15, -0.1) is 11.6 Å². The lowest BCUT2D eigenvalue weighted by molar-refractivity contribution is 0.354. The number of ether oxygens (including phenoxy) is 2. The first-order valence-corrected chi connectivity index (χ1v) is 6.50. The lowest BCUT2D eigenvalue weighted by Crippen LogP contribution is -1.97. The van der Waals surface area contributed by atoms with E-state index in [9.17, 15) is 0 Å². The van der Waals surface area contributed by atoms with Crippen LogP contribution >= 0.6 is 23.2 Å². The quantitative estimate of drug-likeness (QED) is 0.774. The van der Waals surface area contributed by atoms with Gasteiger partial charge in [-0.2, -0.15) is 0 Å². The molecule has 1 atom stereocenters. The fraction of sp³-hybridized carbons (Fsp3) is 0.286. The van der Waals surface area contributed by atoms with Crippen LogP contribution in [0.4, 0.5) is 0 Å². The Morgan fingerprint density at radius 2 is 1.74 bits per heavy atom. The van der Waals surface area contributed by atoms with E-state index in [2.05, 4.69) is 0 Å². The van der Waals surface area contributed by atoms with Gasteiger partial charge < -0.3 is 13.9 Å². The number of halogens is 2. The van der Waals surface area contributed by atoms with Crippen LogP contribution in [0.25, 0.3) is 0 Å². The average Bonchev–Trinajstić information content (AvgIpc) is 2.84. The molecular formula is C14H14Cl2O3. The summed E-state index contributed by atoms with van der Waals surface area (Å²) in [7, 11) is 3.12. The molecule has 0 saturated carbocycles. The van der Waals surface area contributed by atoms with Gasteiger partial charge in [0.05, 0.1) is 14.2 Å². The van der Waals surface area contributed by atoms with E-state index in [0.717, 1.165) is 11.3 Å². The van der Waals surface area contributed by atoms with Gasteiger partial charge in [0, 0.05) is 16.7 Å². The molecule has 19 heavy (non-hydrogen) atoms. The minimum Gasteiger partial charge on any atom is -0.493 e. The van der Waals surface area contributed by atoms with Crippen LogP contribution in [0, 0.1) is 6.92 Å². The third-order valence-electron chi connectivity index (χ3n) is 2.79. The number of methoxy groups -OCH3 is 2. The molecule has 3 nitrogen and oxygen atoms in total. The molecule has 0 aliphatic rings. The van der Waals surface area contributed by atoms with Gasteiger partial charge in [-0.1, -0.05) is 11.6 Å². The van der Waals surface area contributed by atoms with Crippen molar-refractivity contribution in [3.63, 3.8) is 0 Å². The topological polar surface area (TPSA) is 31.6 Å². The molecular weight excluding hydrogens is 287 g/mol. The molecule has 0 saturated heterocycles. The van der Waals surface area contributed by atoms with Gasteiger partial charge in [-0.3, -0.25) is 0 Å². The molecule has 0 aliphatic heterocycles. The highest BCUT2D eigenvalue weighted by Gasteiger charge is 2.20. The maximum absolute atomic E-state index is 6.40. The van der Waals surface area contributed by atoms with Crippen molar-refractivity contribution < 1.29 is 13.9 Å². The molecule has 5 heteroatoms. The summed E-state index contributed by atoms with van der Waals surface area (Å²) >= 11 is 12.6. The molecule has 1 heterocycles. The summed E-state index contributed by atoms with van der Waals surface area (Å²) in [4.78, 5) is 0. The summed E-state index contributed by atoms with van der Waals surface area (Å²) in [6.45, 7) is 1.86. The van der Waals surface area contributed by atoms with Crippen molar-refractivity contribution in [2.45, 2.75) is 12.3 Å². The standard InChI is InChI=1S/C14H14Cl2O3/c1-8-4-5-11(19-8)14(16)9-6-12(17-2)13(18-3)7-10(9)15/h4-7,14H,1-3H3. The summed E-state index contributed by atoms with van der Waals surface area (Å²) in [5.74, 6) is 2.59.